The number of thioether (sulfide) groups is 2. The molecule has 1 N–H and O–H groups in total. The molecule has 10 heteroatoms. The lowest BCUT2D eigenvalue weighted by Gasteiger charge is -2.07. The van der Waals surface area contributed by atoms with E-state index in [0.717, 1.165) is 11.3 Å². The van der Waals surface area contributed by atoms with Crippen molar-refractivity contribution in [3.63, 3.8) is 0 Å². The predicted molar refractivity (Wildman–Crippen MR) is 102 cm³/mol. The number of amides is 1. The molecule has 0 fully saturated rings. The van der Waals surface area contributed by atoms with Crippen LogP contribution in [-0.4, -0.2) is 37.6 Å². The fourth-order valence-corrected chi connectivity index (χ4v) is 3.35. The van der Waals surface area contributed by atoms with Crippen molar-refractivity contribution in [1.29, 1.82) is 0 Å². The van der Waals surface area contributed by atoms with Gasteiger partial charge in [-0.25, -0.2) is 0 Å². The standard InChI is InChI=1S/C17H15F2N5OS2/c1-11-2-6-13(7-3-11)24-17(21-22-23-24)26-10-15(25)20-12-4-8-14(9-5-12)27-16(18)19/h2-9,16H,10H2,1H3,(H,20,25). The third kappa shape index (κ3) is 5.51. The fraction of sp³-hybridized carbons (Fsp3) is 0.176. The lowest BCUT2D eigenvalue weighted by atomic mass is 10.2. The number of nitrogens with one attached hydrogen (secondary N) is 1. The monoisotopic (exact) mass is 407 g/mol. The van der Waals surface area contributed by atoms with Gasteiger partial charge in [0.2, 0.25) is 11.1 Å². The zero-order valence-corrected chi connectivity index (χ0v) is 15.8. The molecular formula is C17H15F2N5OS2. The summed E-state index contributed by atoms with van der Waals surface area (Å²) in [6.45, 7) is 1.99. The lowest BCUT2D eigenvalue weighted by molar-refractivity contribution is -0.113. The minimum absolute atomic E-state index is 0.111. The van der Waals surface area contributed by atoms with Crippen LogP contribution in [0.1, 0.15) is 5.56 Å². The van der Waals surface area contributed by atoms with Crippen LogP contribution >= 0.6 is 23.5 Å². The average Bonchev–Trinajstić information content (AvgIpc) is 3.10. The van der Waals surface area contributed by atoms with Crippen LogP contribution < -0.4 is 5.32 Å². The van der Waals surface area contributed by atoms with Crippen molar-refractivity contribution in [1.82, 2.24) is 20.2 Å². The molecule has 0 aliphatic carbocycles. The van der Waals surface area contributed by atoms with E-state index in [1.165, 1.54) is 23.9 Å². The topological polar surface area (TPSA) is 72.7 Å². The highest BCUT2D eigenvalue weighted by molar-refractivity contribution is 8.00. The van der Waals surface area contributed by atoms with Crippen LogP contribution in [0.2, 0.25) is 0 Å². The molecule has 0 aliphatic heterocycles. The van der Waals surface area contributed by atoms with Crippen molar-refractivity contribution in [2.24, 2.45) is 0 Å². The third-order valence-electron chi connectivity index (χ3n) is 3.42. The number of rotatable bonds is 7. The van der Waals surface area contributed by atoms with Crippen LogP contribution in [0.25, 0.3) is 5.69 Å². The minimum atomic E-state index is -2.47. The summed E-state index contributed by atoms with van der Waals surface area (Å²) in [7, 11) is 0. The lowest BCUT2D eigenvalue weighted by Crippen LogP contribution is -2.14. The average molecular weight is 407 g/mol. The second-order valence-corrected chi connectivity index (χ2v) is 7.45. The highest BCUT2D eigenvalue weighted by atomic mass is 32.2. The number of alkyl halides is 2. The number of nitrogens with zero attached hydrogens (tertiary/aromatic N) is 4. The molecule has 0 saturated heterocycles. The molecule has 0 radical (unpaired) electrons. The second-order valence-electron chi connectivity index (χ2n) is 5.45. The van der Waals surface area contributed by atoms with Gasteiger partial charge in [-0.1, -0.05) is 41.2 Å². The maximum absolute atomic E-state index is 12.3. The summed E-state index contributed by atoms with van der Waals surface area (Å²) in [5.74, 6) is -2.60. The van der Waals surface area contributed by atoms with Gasteiger partial charge in [0.25, 0.3) is 5.76 Å². The van der Waals surface area contributed by atoms with E-state index in [-0.39, 0.29) is 11.7 Å². The molecule has 0 spiro atoms. The van der Waals surface area contributed by atoms with Gasteiger partial charge in [0.05, 0.1) is 11.4 Å². The summed E-state index contributed by atoms with van der Waals surface area (Å²) in [5, 5.41) is 14.8. The Balaban J connectivity index is 1.57. The summed E-state index contributed by atoms with van der Waals surface area (Å²) in [6, 6.07) is 14.0. The normalized spacial score (nSPS) is 11.0. The number of aryl methyl sites for hydroxylation is 1. The first-order chi connectivity index (χ1) is 13.0. The van der Waals surface area contributed by atoms with E-state index in [2.05, 4.69) is 20.8 Å². The molecule has 1 aromatic heterocycles. The second kappa shape index (κ2) is 8.96. The molecule has 6 nitrogen and oxygen atoms in total. The van der Waals surface area contributed by atoms with Crippen molar-refractivity contribution in [2.45, 2.75) is 22.7 Å². The van der Waals surface area contributed by atoms with E-state index < -0.39 is 5.76 Å². The van der Waals surface area contributed by atoms with E-state index in [0.29, 0.717) is 27.5 Å². The Morgan fingerprint density at radius 3 is 2.52 bits per heavy atom. The van der Waals surface area contributed by atoms with E-state index in [1.54, 1.807) is 16.8 Å². The molecule has 140 valence electrons. The van der Waals surface area contributed by atoms with Crippen molar-refractivity contribution >= 4 is 35.1 Å². The molecule has 1 amide bonds. The first kappa shape index (κ1) is 19.3. The summed E-state index contributed by atoms with van der Waals surface area (Å²) in [5.41, 5.74) is 2.47. The summed E-state index contributed by atoms with van der Waals surface area (Å²) in [4.78, 5) is 12.6. The first-order valence-corrected chi connectivity index (χ1v) is 9.71. The number of hydrogen-bond donors (Lipinski definition) is 1. The quantitative estimate of drug-likeness (QED) is 0.597. The molecule has 27 heavy (non-hydrogen) atoms. The fourth-order valence-electron chi connectivity index (χ4n) is 2.16. The summed E-state index contributed by atoms with van der Waals surface area (Å²) < 4.78 is 26.2. The number of anilines is 1. The highest BCUT2D eigenvalue weighted by Crippen LogP contribution is 2.26. The number of aromatic nitrogens is 4. The zero-order valence-electron chi connectivity index (χ0n) is 14.2. The van der Waals surface area contributed by atoms with Gasteiger partial charge in [-0.15, -0.1) is 5.10 Å². The van der Waals surface area contributed by atoms with Crippen LogP contribution in [0.3, 0.4) is 0 Å². The van der Waals surface area contributed by atoms with Gasteiger partial charge < -0.3 is 5.32 Å². The molecule has 0 atom stereocenters. The first-order valence-electron chi connectivity index (χ1n) is 7.84. The smallest absolute Gasteiger partial charge is 0.288 e. The molecule has 3 rings (SSSR count). The molecule has 2 aromatic carbocycles. The molecule has 0 bridgehead atoms. The van der Waals surface area contributed by atoms with Crippen LogP contribution in [0, 0.1) is 6.92 Å². The van der Waals surface area contributed by atoms with Crippen LogP contribution in [0.15, 0.2) is 58.6 Å². The van der Waals surface area contributed by atoms with Gasteiger partial charge in [0.15, 0.2) is 0 Å². The van der Waals surface area contributed by atoms with E-state index in [4.69, 9.17) is 0 Å². The number of tetrazole rings is 1. The SMILES string of the molecule is Cc1ccc(-n2nnnc2SCC(=O)Nc2ccc(SC(F)F)cc2)cc1. The maximum atomic E-state index is 12.3. The number of hydrogen-bond acceptors (Lipinski definition) is 6. The molecule has 0 aliphatic rings. The van der Waals surface area contributed by atoms with Crippen molar-refractivity contribution in [2.75, 3.05) is 11.1 Å². The van der Waals surface area contributed by atoms with E-state index in [1.807, 2.05) is 31.2 Å². The van der Waals surface area contributed by atoms with Crippen LogP contribution in [-0.2, 0) is 4.79 Å². The predicted octanol–water partition coefficient (Wildman–Crippen LogP) is 4.02. The van der Waals surface area contributed by atoms with E-state index >= 15 is 0 Å². The number of halogens is 2. The Morgan fingerprint density at radius 2 is 1.85 bits per heavy atom. The maximum Gasteiger partial charge on any atom is 0.288 e. The largest absolute Gasteiger partial charge is 0.325 e. The van der Waals surface area contributed by atoms with Crippen molar-refractivity contribution < 1.29 is 13.6 Å². The number of carbonyl (C=O) groups excluding carboxylic acids is 1. The Hall–Kier alpha value is -2.46. The molecule has 0 saturated carbocycles. The molecule has 3 aromatic rings. The van der Waals surface area contributed by atoms with Gasteiger partial charge in [0, 0.05) is 10.6 Å². The summed E-state index contributed by atoms with van der Waals surface area (Å²) >= 11 is 1.66. The molecular weight excluding hydrogens is 392 g/mol. The van der Waals surface area contributed by atoms with Gasteiger partial charge in [0.1, 0.15) is 0 Å². The zero-order chi connectivity index (χ0) is 19.2. The number of benzene rings is 2. The Morgan fingerprint density at radius 1 is 1.15 bits per heavy atom. The molecule has 0 unspecified atom stereocenters. The van der Waals surface area contributed by atoms with Gasteiger partial charge in [-0.2, -0.15) is 13.5 Å². The number of carbonyl (C=O) groups is 1. The van der Waals surface area contributed by atoms with Gasteiger partial charge >= 0.3 is 0 Å². The Kier molecular flexibility index (Phi) is 6.40. The van der Waals surface area contributed by atoms with Gasteiger partial charge in [-0.05, 0) is 53.7 Å². The summed E-state index contributed by atoms with van der Waals surface area (Å²) in [6.07, 6.45) is 0. The van der Waals surface area contributed by atoms with Crippen LogP contribution in [0.4, 0.5) is 14.5 Å². The third-order valence-corrected chi connectivity index (χ3v) is 5.06. The van der Waals surface area contributed by atoms with Crippen molar-refractivity contribution in [3.05, 3.63) is 54.1 Å². The Bertz CT molecular complexity index is 900. The van der Waals surface area contributed by atoms with Gasteiger partial charge in [-0.3, -0.25) is 4.79 Å². The van der Waals surface area contributed by atoms with Crippen LogP contribution in [0.5, 0.6) is 0 Å². The Labute approximate surface area is 162 Å². The van der Waals surface area contributed by atoms with Crippen molar-refractivity contribution in [3.8, 4) is 5.69 Å². The van der Waals surface area contributed by atoms with E-state index in [9.17, 15) is 13.6 Å². The molecule has 1 heterocycles. The highest BCUT2D eigenvalue weighted by Gasteiger charge is 2.12. The minimum Gasteiger partial charge on any atom is -0.325 e.